The maximum atomic E-state index is 15.4. The van der Waals surface area contributed by atoms with Crippen molar-refractivity contribution < 1.29 is 39.6 Å². The average Bonchev–Trinajstić information content (AvgIpc) is 3.18. The SMILES string of the molecule is CCCCCCCCCCCCCC(CCCCCCCCCCCCC)(C(=O)O)C(C(=O)O)(C1CC(C)(C)N(C)C(C)(C)C1)C(CC(=O)O)(C(=O)O)C1CC(C)(C)N(C)C(C)(C)C1. The molecule has 2 aliphatic rings. The highest BCUT2D eigenvalue weighted by molar-refractivity contribution is 5.96. The van der Waals surface area contributed by atoms with Gasteiger partial charge in [0.2, 0.25) is 0 Å². The molecule has 0 aliphatic carbocycles. The van der Waals surface area contributed by atoms with Crippen molar-refractivity contribution >= 4 is 23.9 Å². The lowest BCUT2D eigenvalue weighted by Crippen LogP contribution is -2.74. The van der Waals surface area contributed by atoms with E-state index in [1.165, 1.54) is 64.2 Å². The van der Waals surface area contributed by atoms with Crippen molar-refractivity contribution in [1.29, 1.82) is 0 Å². The van der Waals surface area contributed by atoms with Crippen LogP contribution in [-0.4, -0.2) is 90.4 Å². The van der Waals surface area contributed by atoms with E-state index in [2.05, 4.69) is 23.6 Å². The van der Waals surface area contributed by atoms with Gasteiger partial charge in [0.1, 0.15) is 5.41 Å². The first kappa shape index (κ1) is 57.9. The molecule has 2 fully saturated rings. The fourth-order valence-electron chi connectivity index (χ4n) is 13.5. The van der Waals surface area contributed by atoms with Crippen LogP contribution in [0.2, 0.25) is 0 Å². The number of carboxylic acids is 4. The summed E-state index contributed by atoms with van der Waals surface area (Å²) in [7, 11) is 3.99. The molecule has 64 heavy (non-hydrogen) atoms. The summed E-state index contributed by atoms with van der Waals surface area (Å²) in [4.78, 5) is 63.3. The number of piperidine rings is 2. The third kappa shape index (κ3) is 13.7. The zero-order valence-electron chi connectivity index (χ0n) is 43.5. The lowest BCUT2D eigenvalue weighted by atomic mass is 9.37. The molecular formula is C54H100N2O8. The van der Waals surface area contributed by atoms with E-state index < -0.39 is 80.5 Å². The van der Waals surface area contributed by atoms with Crippen LogP contribution in [0, 0.1) is 28.1 Å². The maximum Gasteiger partial charge on any atom is 0.312 e. The third-order valence-corrected chi connectivity index (χ3v) is 17.4. The zero-order valence-corrected chi connectivity index (χ0v) is 43.5. The highest BCUT2D eigenvalue weighted by atomic mass is 16.4. The van der Waals surface area contributed by atoms with Crippen molar-refractivity contribution in [3.8, 4) is 0 Å². The van der Waals surface area contributed by atoms with E-state index >= 15 is 4.79 Å². The summed E-state index contributed by atoms with van der Waals surface area (Å²) in [5, 5.41) is 47.9. The molecule has 0 aromatic carbocycles. The molecule has 2 atom stereocenters. The molecule has 2 saturated heterocycles. The molecule has 0 amide bonds. The van der Waals surface area contributed by atoms with E-state index in [4.69, 9.17) is 0 Å². The van der Waals surface area contributed by atoms with E-state index in [0.29, 0.717) is 25.7 Å². The minimum Gasteiger partial charge on any atom is -0.481 e. The Labute approximate surface area is 391 Å². The minimum atomic E-state index is -2.48. The topological polar surface area (TPSA) is 156 Å². The molecule has 374 valence electrons. The molecule has 0 saturated carbocycles. The Morgan fingerprint density at radius 3 is 0.969 bits per heavy atom. The van der Waals surface area contributed by atoms with Gasteiger partial charge in [-0.3, -0.25) is 29.0 Å². The summed E-state index contributed by atoms with van der Waals surface area (Å²) in [5.74, 6) is -7.54. The number of rotatable bonds is 33. The standard InChI is InChI=1S/C54H100N2O8/c1-13-15-17-19-21-23-25-27-29-31-33-35-52(45(59)60,36-34-32-30-28-26-24-22-20-18-16-14-2)54(47(63)64,43-39-50(7,8)56(12)51(9,10)40-43)53(46(61)62,41-44(57)58)42-37-48(3,4)55(11)49(5,6)38-42/h42-43H,13-41H2,1-12H3,(H,57,58)(H,59,60)(H,61,62)(H,63,64). The predicted molar refractivity (Wildman–Crippen MR) is 262 cm³/mol. The van der Waals surface area contributed by atoms with Crippen LogP contribution in [0.5, 0.6) is 0 Å². The number of likely N-dealkylation sites (tertiary alicyclic amines) is 2. The van der Waals surface area contributed by atoms with Gasteiger partial charge < -0.3 is 20.4 Å². The fraction of sp³-hybridized carbons (Fsp3) is 0.926. The number of hydrogen-bond acceptors (Lipinski definition) is 6. The van der Waals surface area contributed by atoms with Gasteiger partial charge in [0, 0.05) is 22.2 Å². The first-order valence-electron chi connectivity index (χ1n) is 26.2. The van der Waals surface area contributed by atoms with Crippen LogP contribution < -0.4 is 0 Å². The summed E-state index contributed by atoms with van der Waals surface area (Å²) in [5.41, 5.74) is -9.57. The number of carboxylic acid groups (broad SMARTS) is 4. The van der Waals surface area contributed by atoms with E-state index in [1.807, 2.05) is 69.5 Å². The summed E-state index contributed by atoms with van der Waals surface area (Å²) in [6, 6.07) is 0. The van der Waals surface area contributed by atoms with Crippen LogP contribution in [0.15, 0.2) is 0 Å². The van der Waals surface area contributed by atoms with Crippen molar-refractivity contribution in [1.82, 2.24) is 9.80 Å². The third-order valence-electron chi connectivity index (χ3n) is 17.4. The van der Waals surface area contributed by atoms with Gasteiger partial charge in [0.15, 0.2) is 0 Å². The van der Waals surface area contributed by atoms with E-state index in [-0.39, 0.29) is 38.5 Å². The van der Waals surface area contributed by atoms with Crippen LogP contribution in [0.4, 0.5) is 0 Å². The Balaban J connectivity index is 2.92. The average molecular weight is 905 g/mol. The Morgan fingerprint density at radius 2 is 0.719 bits per heavy atom. The van der Waals surface area contributed by atoms with Gasteiger partial charge in [0.05, 0.1) is 17.3 Å². The fourth-order valence-corrected chi connectivity index (χ4v) is 13.5. The Kier molecular flexibility index (Phi) is 22.9. The quantitative estimate of drug-likeness (QED) is 0.0468. The Bertz CT molecular complexity index is 1390. The second kappa shape index (κ2) is 25.2. The van der Waals surface area contributed by atoms with Crippen molar-refractivity contribution in [3.63, 3.8) is 0 Å². The maximum absolute atomic E-state index is 15.4. The van der Waals surface area contributed by atoms with Crippen LogP contribution in [0.1, 0.15) is 255 Å². The number of hydrogen-bond donors (Lipinski definition) is 4. The lowest BCUT2D eigenvalue weighted by molar-refractivity contribution is -0.241. The second-order valence-corrected chi connectivity index (χ2v) is 23.5. The molecule has 2 rings (SSSR count). The molecule has 10 nitrogen and oxygen atoms in total. The second-order valence-electron chi connectivity index (χ2n) is 23.5. The zero-order chi connectivity index (χ0) is 48.6. The molecule has 10 heteroatoms. The van der Waals surface area contributed by atoms with Crippen LogP contribution in [0.25, 0.3) is 0 Å². The van der Waals surface area contributed by atoms with E-state index in [1.54, 1.807) is 0 Å². The number of aliphatic carboxylic acids is 4. The summed E-state index contributed by atoms with van der Waals surface area (Å²) in [6.45, 7) is 20.6. The highest BCUT2D eigenvalue weighted by Gasteiger charge is 2.79. The van der Waals surface area contributed by atoms with Gasteiger partial charge in [0.25, 0.3) is 0 Å². The largest absolute Gasteiger partial charge is 0.481 e. The first-order valence-corrected chi connectivity index (χ1v) is 26.2. The van der Waals surface area contributed by atoms with E-state index in [9.17, 15) is 34.8 Å². The molecule has 0 aromatic heterocycles. The smallest absolute Gasteiger partial charge is 0.312 e. The Morgan fingerprint density at radius 1 is 0.438 bits per heavy atom. The Hall–Kier alpha value is -2.20. The normalized spacial score (nSPS) is 21.2. The number of nitrogens with zero attached hydrogens (tertiary/aromatic N) is 2. The van der Waals surface area contributed by atoms with Crippen LogP contribution >= 0.6 is 0 Å². The number of unbranched alkanes of at least 4 members (excludes halogenated alkanes) is 20. The van der Waals surface area contributed by atoms with Crippen molar-refractivity contribution in [2.45, 2.75) is 278 Å². The molecule has 0 aromatic rings. The molecule has 0 bridgehead atoms. The number of carbonyl (C=O) groups is 4. The summed E-state index contributed by atoms with van der Waals surface area (Å²) < 4.78 is 0. The summed E-state index contributed by atoms with van der Waals surface area (Å²) >= 11 is 0. The van der Waals surface area contributed by atoms with Gasteiger partial charge in [-0.05, 0) is 120 Å². The van der Waals surface area contributed by atoms with E-state index in [0.717, 1.165) is 51.4 Å². The molecule has 2 heterocycles. The molecule has 2 unspecified atom stereocenters. The molecule has 2 aliphatic heterocycles. The van der Waals surface area contributed by atoms with Gasteiger partial charge in [-0.25, -0.2) is 0 Å². The molecule has 0 spiro atoms. The highest BCUT2D eigenvalue weighted by Crippen LogP contribution is 2.70. The van der Waals surface area contributed by atoms with Gasteiger partial charge >= 0.3 is 23.9 Å². The minimum absolute atomic E-state index is 0.00926. The molecule has 4 N–H and O–H groups in total. The van der Waals surface area contributed by atoms with Gasteiger partial charge in [-0.15, -0.1) is 0 Å². The molecule has 0 radical (unpaired) electrons. The lowest BCUT2D eigenvalue weighted by Gasteiger charge is -2.66. The van der Waals surface area contributed by atoms with Gasteiger partial charge in [-0.1, -0.05) is 155 Å². The van der Waals surface area contributed by atoms with Crippen molar-refractivity contribution in [3.05, 3.63) is 0 Å². The van der Waals surface area contributed by atoms with Crippen molar-refractivity contribution in [2.75, 3.05) is 14.1 Å². The first-order chi connectivity index (χ1) is 29.8. The van der Waals surface area contributed by atoms with Crippen LogP contribution in [-0.2, 0) is 19.2 Å². The van der Waals surface area contributed by atoms with Crippen LogP contribution in [0.3, 0.4) is 0 Å². The predicted octanol–water partition coefficient (Wildman–Crippen LogP) is 13.9. The van der Waals surface area contributed by atoms with Crippen molar-refractivity contribution in [2.24, 2.45) is 28.1 Å². The molecular weight excluding hydrogens is 805 g/mol. The van der Waals surface area contributed by atoms with Gasteiger partial charge in [-0.2, -0.15) is 0 Å². The summed E-state index contributed by atoms with van der Waals surface area (Å²) in [6.07, 6.45) is 22.8. The monoisotopic (exact) mass is 905 g/mol.